The summed E-state index contributed by atoms with van der Waals surface area (Å²) in [4.78, 5) is 2.39. The Bertz CT molecular complexity index is 607. The van der Waals surface area contributed by atoms with Crippen molar-refractivity contribution in [2.75, 3.05) is 10.6 Å². The molecule has 2 N–H and O–H groups in total. The van der Waals surface area contributed by atoms with Gasteiger partial charge in [0.05, 0.1) is 0 Å². The first-order valence-electron chi connectivity index (χ1n) is 6.02. The van der Waals surface area contributed by atoms with Crippen LogP contribution in [-0.4, -0.2) is 0 Å². The molecule has 3 rings (SSSR count). The summed E-state index contributed by atoms with van der Waals surface area (Å²) >= 11 is 3.59. The third-order valence-corrected chi connectivity index (χ3v) is 4.39. The minimum atomic E-state index is 0.849. The van der Waals surface area contributed by atoms with Crippen molar-refractivity contribution in [2.45, 2.75) is 20.0 Å². The number of nitrogens with two attached hydrogens (primary N) is 1. The Labute approximate surface area is 116 Å². The smallest absolute Gasteiger partial charge is 0.0437 e. The van der Waals surface area contributed by atoms with Crippen LogP contribution in [0.5, 0.6) is 0 Å². The monoisotopic (exact) mass is 302 g/mol. The van der Waals surface area contributed by atoms with Crippen LogP contribution in [0.15, 0.2) is 40.9 Å². The molecular formula is C15H15BrN2. The van der Waals surface area contributed by atoms with Gasteiger partial charge in [0.15, 0.2) is 0 Å². The van der Waals surface area contributed by atoms with Crippen molar-refractivity contribution in [2.24, 2.45) is 0 Å². The van der Waals surface area contributed by atoms with Crippen molar-refractivity contribution in [3.05, 3.63) is 57.6 Å². The standard InChI is InChI=1S/C15H15BrN2/c1-10-14(16)3-2-4-15(10)18-8-11-5-6-13(17)7-12(11)9-18/h2-7H,8-9,17H2,1H3. The van der Waals surface area contributed by atoms with Crippen molar-refractivity contribution < 1.29 is 0 Å². The maximum atomic E-state index is 5.84. The molecule has 92 valence electrons. The molecule has 2 aromatic carbocycles. The average Bonchev–Trinajstić information content (AvgIpc) is 2.75. The van der Waals surface area contributed by atoms with Crippen molar-refractivity contribution in [3.63, 3.8) is 0 Å². The lowest BCUT2D eigenvalue weighted by Crippen LogP contribution is -2.15. The van der Waals surface area contributed by atoms with Gasteiger partial charge in [-0.05, 0) is 47.9 Å². The highest BCUT2D eigenvalue weighted by atomic mass is 79.9. The van der Waals surface area contributed by atoms with Gasteiger partial charge in [-0.3, -0.25) is 0 Å². The molecule has 2 nitrogen and oxygen atoms in total. The molecule has 3 heteroatoms. The van der Waals surface area contributed by atoms with E-state index in [4.69, 9.17) is 5.73 Å². The molecule has 0 aromatic heterocycles. The minimum absolute atomic E-state index is 0.849. The first-order valence-corrected chi connectivity index (χ1v) is 6.82. The molecule has 0 saturated carbocycles. The Hall–Kier alpha value is -1.48. The summed E-state index contributed by atoms with van der Waals surface area (Å²) in [5, 5.41) is 0. The SMILES string of the molecule is Cc1c(Br)cccc1N1Cc2ccc(N)cc2C1. The molecule has 0 amide bonds. The third-order valence-electron chi connectivity index (χ3n) is 3.53. The van der Waals surface area contributed by atoms with Crippen LogP contribution in [0.1, 0.15) is 16.7 Å². The molecule has 0 fully saturated rings. The number of benzene rings is 2. The zero-order valence-electron chi connectivity index (χ0n) is 10.3. The number of hydrogen-bond acceptors (Lipinski definition) is 2. The molecule has 0 spiro atoms. The molecule has 1 aliphatic rings. The lowest BCUT2D eigenvalue weighted by atomic mass is 10.1. The second-order valence-electron chi connectivity index (χ2n) is 4.77. The molecule has 0 bridgehead atoms. The molecule has 1 heterocycles. The van der Waals surface area contributed by atoms with Gasteiger partial charge in [0, 0.05) is 28.9 Å². The fraction of sp³-hybridized carbons (Fsp3) is 0.200. The van der Waals surface area contributed by atoms with E-state index in [0.717, 1.165) is 23.2 Å². The number of fused-ring (bicyclic) bond motifs is 1. The van der Waals surface area contributed by atoms with Crippen LogP contribution in [0, 0.1) is 6.92 Å². The average molecular weight is 303 g/mol. The summed E-state index contributed by atoms with van der Waals surface area (Å²) in [6, 6.07) is 12.6. The molecular weight excluding hydrogens is 288 g/mol. The van der Waals surface area contributed by atoms with Crippen molar-refractivity contribution in [1.29, 1.82) is 0 Å². The lowest BCUT2D eigenvalue weighted by Gasteiger charge is -2.20. The molecule has 0 saturated heterocycles. The maximum absolute atomic E-state index is 5.84. The van der Waals surface area contributed by atoms with Gasteiger partial charge in [-0.25, -0.2) is 0 Å². The van der Waals surface area contributed by atoms with E-state index in [1.807, 2.05) is 6.07 Å². The topological polar surface area (TPSA) is 29.3 Å². The van der Waals surface area contributed by atoms with E-state index in [2.05, 4.69) is 58.1 Å². The quantitative estimate of drug-likeness (QED) is 0.811. The molecule has 0 atom stereocenters. The summed E-state index contributed by atoms with van der Waals surface area (Å²) in [5.41, 5.74) is 12.0. The number of rotatable bonds is 1. The maximum Gasteiger partial charge on any atom is 0.0437 e. The largest absolute Gasteiger partial charge is 0.399 e. The zero-order chi connectivity index (χ0) is 12.7. The van der Waals surface area contributed by atoms with Gasteiger partial charge in [0.25, 0.3) is 0 Å². The van der Waals surface area contributed by atoms with Crippen LogP contribution in [0.3, 0.4) is 0 Å². The first kappa shape index (κ1) is 11.6. The summed E-state index contributed by atoms with van der Waals surface area (Å²) in [7, 11) is 0. The van der Waals surface area contributed by atoms with Gasteiger partial charge in [-0.1, -0.05) is 28.1 Å². The molecule has 0 aliphatic carbocycles. The second-order valence-corrected chi connectivity index (χ2v) is 5.62. The van der Waals surface area contributed by atoms with Crippen molar-refractivity contribution in [3.8, 4) is 0 Å². The van der Waals surface area contributed by atoms with Crippen LogP contribution >= 0.6 is 15.9 Å². The number of anilines is 2. The van der Waals surface area contributed by atoms with E-state index in [0.29, 0.717) is 0 Å². The van der Waals surface area contributed by atoms with E-state index in [1.165, 1.54) is 22.4 Å². The lowest BCUT2D eigenvalue weighted by molar-refractivity contribution is 0.874. The summed E-state index contributed by atoms with van der Waals surface area (Å²) in [6.07, 6.45) is 0. The van der Waals surface area contributed by atoms with E-state index < -0.39 is 0 Å². The van der Waals surface area contributed by atoms with E-state index in [-0.39, 0.29) is 0 Å². The highest BCUT2D eigenvalue weighted by Gasteiger charge is 2.20. The fourth-order valence-electron chi connectivity index (χ4n) is 2.52. The summed E-state index contributed by atoms with van der Waals surface area (Å²) < 4.78 is 1.16. The molecule has 0 unspecified atom stereocenters. The van der Waals surface area contributed by atoms with Gasteiger partial charge >= 0.3 is 0 Å². The number of hydrogen-bond donors (Lipinski definition) is 1. The summed E-state index contributed by atoms with van der Waals surface area (Å²) in [6.45, 7) is 4.06. The molecule has 0 radical (unpaired) electrons. The van der Waals surface area contributed by atoms with Gasteiger partial charge in [0.1, 0.15) is 0 Å². The number of halogens is 1. The normalized spacial score (nSPS) is 13.8. The Kier molecular flexibility index (Phi) is 2.78. The first-order chi connectivity index (χ1) is 8.65. The van der Waals surface area contributed by atoms with Crippen molar-refractivity contribution in [1.82, 2.24) is 0 Å². The van der Waals surface area contributed by atoms with Crippen LogP contribution < -0.4 is 10.6 Å². The van der Waals surface area contributed by atoms with Crippen LogP contribution in [0.4, 0.5) is 11.4 Å². The zero-order valence-corrected chi connectivity index (χ0v) is 11.9. The predicted octanol–water partition coefficient (Wildman–Crippen LogP) is 3.86. The van der Waals surface area contributed by atoms with Gasteiger partial charge in [0.2, 0.25) is 0 Å². The molecule has 18 heavy (non-hydrogen) atoms. The van der Waals surface area contributed by atoms with Crippen LogP contribution in [0.25, 0.3) is 0 Å². The Morgan fingerprint density at radius 2 is 1.89 bits per heavy atom. The highest BCUT2D eigenvalue weighted by Crippen LogP contribution is 2.33. The van der Waals surface area contributed by atoms with Gasteiger partial charge in [-0.2, -0.15) is 0 Å². The van der Waals surface area contributed by atoms with Gasteiger partial charge < -0.3 is 10.6 Å². The third kappa shape index (κ3) is 1.89. The van der Waals surface area contributed by atoms with Crippen molar-refractivity contribution >= 4 is 27.3 Å². The highest BCUT2D eigenvalue weighted by molar-refractivity contribution is 9.10. The Morgan fingerprint density at radius 1 is 1.11 bits per heavy atom. The number of nitrogens with zero attached hydrogens (tertiary/aromatic N) is 1. The van der Waals surface area contributed by atoms with Crippen LogP contribution in [-0.2, 0) is 13.1 Å². The van der Waals surface area contributed by atoms with Crippen LogP contribution in [0.2, 0.25) is 0 Å². The minimum Gasteiger partial charge on any atom is -0.399 e. The van der Waals surface area contributed by atoms with E-state index in [1.54, 1.807) is 0 Å². The second kappa shape index (κ2) is 4.32. The summed E-state index contributed by atoms with van der Waals surface area (Å²) in [5.74, 6) is 0. The fourth-order valence-corrected chi connectivity index (χ4v) is 2.88. The molecule has 1 aliphatic heterocycles. The number of nitrogen functional groups attached to an aromatic ring is 1. The molecule has 2 aromatic rings. The van der Waals surface area contributed by atoms with Gasteiger partial charge in [-0.15, -0.1) is 0 Å². The Balaban J connectivity index is 1.96. The van der Waals surface area contributed by atoms with E-state index >= 15 is 0 Å². The Morgan fingerprint density at radius 3 is 2.72 bits per heavy atom. The predicted molar refractivity (Wildman–Crippen MR) is 79.6 cm³/mol. The van der Waals surface area contributed by atoms with E-state index in [9.17, 15) is 0 Å².